The van der Waals surface area contributed by atoms with Crippen molar-refractivity contribution in [3.05, 3.63) is 47.7 Å². The molecule has 0 N–H and O–H groups in total. The zero-order valence-corrected chi connectivity index (χ0v) is 14.1. The number of esters is 3. The number of cyclic esters (lactones) is 1. The van der Waals surface area contributed by atoms with Gasteiger partial charge < -0.3 is 14.2 Å². The minimum atomic E-state index is -0.449. The summed E-state index contributed by atoms with van der Waals surface area (Å²) in [5.74, 6) is -1.99. The molecule has 1 saturated heterocycles. The van der Waals surface area contributed by atoms with Crippen molar-refractivity contribution in [2.45, 2.75) is 19.8 Å². The van der Waals surface area contributed by atoms with Crippen molar-refractivity contribution in [1.82, 2.24) is 0 Å². The zero-order valence-electron chi connectivity index (χ0n) is 14.1. The van der Waals surface area contributed by atoms with Crippen molar-refractivity contribution in [2.75, 3.05) is 13.2 Å². The molecule has 1 aliphatic heterocycles. The van der Waals surface area contributed by atoms with E-state index in [2.05, 4.69) is 0 Å². The van der Waals surface area contributed by atoms with E-state index in [9.17, 15) is 14.4 Å². The van der Waals surface area contributed by atoms with Crippen LogP contribution in [0.4, 0.5) is 0 Å². The summed E-state index contributed by atoms with van der Waals surface area (Å²) in [5.41, 5.74) is 0.922. The molecule has 0 bridgehead atoms. The molecule has 0 unspecified atom stereocenters. The predicted octanol–water partition coefficient (Wildman–Crippen LogP) is 2.20. The Morgan fingerprint density at radius 2 is 1.84 bits per heavy atom. The topological polar surface area (TPSA) is 78.9 Å². The highest BCUT2D eigenvalue weighted by molar-refractivity contribution is 5.77. The van der Waals surface area contributed by atoms with Gasteiger partial charge in [0.1, 0.15) is 12.4 Å². The lowest BCUT2D eigenvalue weighted by Crippen LogP contribution is -2.37. The van der Waals surface area contributed by atoms with Gasteiger partial charge in [-0.2, -0.15) is 0 Å². The molecule has 25 heavy (non-hydrogen) atoms. The summed E-state index contributed by atoms with van der Waals surface area (Å²) in [4.78, 5) is 35.2. The van der Waals surface area contributed by atoms with Crippen molar-refractivity contribution in [1.29, 1.82) is 0 Å². The Bertz CT molecular complexity index is 708. The van der Waals surface area contributed by atoms with E-state index in [-0.39, 0.29) is 36.9 Å². The Morgan fingerprint density at radius 1 is 1.12 bits per heavy atom. The van der Waals surface area contributed by atoms with Gasteiger partial charge in [-0.1, -0.05) is 30.3 Å². The molecular weight excluding hydrogens is 324 g/mol. The van der Waals surface area contributed by atoms with Crippen LogP contribution in [0.1, 0.15) is 25.3 Å². The monoisotopic (exact) mass is 344 g/mol. The average Bonchev–Trinajstić information content (AvgIpc) is 2.93. The van der Waals surface area contributed by atoms with Crippen LogP contribution in [0.5, 0.6) is 0 Å². The lowest BCUT2D eigenvalue weighted by molar-refractivity contribution is -0.145. The third-order valence-corrected chi connectivity index (χ3v) is 4.63. The van der Waals surface area contributed by atoms with Crippen LogP contribution in [0.2, 0.25) is 0 Å². The second-order valence-electron chi connectivity index (χ2n) is 6.33. The number of hydrogen-bond acceptors (Lipinski definition) is 6. The summed E-state index contributed by atoms with van der Waals surface area (Å²) in [5, 5.41) is 0. The first-order chi connectivity index (χ1) is 12.0. The highest BCUT2D eigenvalue weighted by Crippen LogP contribution is 2.48. The maximum atomic E-state index is 12.3. The van der Waals surface area contributed by atoms with E-state index in [4.69, 9.17) is 14.2 Å². The number of hydrogen-bond donors (Lipinski definition) is 0. The standard InChI is InChI=1S/C19H20O6/c1-11(20)23-10-15-16(25-12(2)21)8-14-9-24-19(22)18(14)17(15)13-6-4-3-5-7-13/h3-8,14-15,17-18H,9-10H2,1-2H3/t14-,15-,17+,18+/m0/s1. The van der Waals surface area contributed by atoms with Crippen molar-refractivity contribution in [3.8, 4) is 0 Å². The number of ether oxygens (including phenoxy) is 3. The number of carbonyl (C=O) groups excluding carboxylic acids is 3. The van der Waals surface area contributed by atoms with Crippen LogP contribution in [0.25, 0.3) is 0 Å². The summed E-state index contributed by atoms with van der Waals surface area (Å²) in [6.45, 7) is 2.94. The summed E-state index contributed by atoms with van der Waals surface area (Å²) >= 11 is 0. The molecular formula is C19H20O6. The Balaban J connectivity index is 2.04. The van der Waals surface area contributed by atoms with E-state index >= 15 is 0 Å². The summed E-state index contributed by atoms with van der Waals surface area (Å²) in [6.07, 6.45) is 1.77. The van der Waals surface area contributed by atoms with Crippen LogP contribution in [0, 0.1) is 17.8 Å². The Hall–Kier alpha value is -2.63. The molecule has 3 rings (SSSR count). The predicted molar refractivity (Wildman–Crippen MR) is 87.1 cm³/mol. The highest BCUT2D eigenvalue weighted by atomic mass is 16.6. The van der Waals surface area contributed by atoms with Crippen LogP contribution in [-0.2, 0) is 28.6 Å². The number of carbonyl (C=O) groups is 3. The maximum absolute atomic E-state index is 12.3. The van der Waals surface area contributed by atoms with Gasteiger partial charge in [0, 0.05) is 25.7 Å². The van der Waals surface area contributed by atoms with E-state index in [0.29, 0.717) is 5.76 Å². The van der Waals surface area contributed by atoms with Gasteiger partial charge in [0.15, 0.2) is 0 Å². The van der Waals surface area contributed by atoms with Gasteiger partial charge in [0.05, 0.1) is 18.4 Å². The fourth-order valence-electron chi connectivity index (χ4n) is 3.66. The lowest BCUT2D eigenvalue weighted by atomic mass is 9.68. The molecule has 0 spiro atoms. The molecule has 1 heterocycles. The first kappa shape index (κ1) is 17.2. The molecule has 6 heteroatoms. The second kappa shape index (κ2) is 7.09. The third-order valence-electron chi connectivity index (χ3n) is 4.63. The molecule has 0 radical (unpaired) electrons. The summed E-state index contributed by atoms with van der Waals surface area (Å²) < 4.78 is 15.8. The summed E-state index contributed by atoms with van der Waals surface area (Å²) in [6, 6.07) is 9.50. The lowest BCUT2D eigenvalue weighted by Gasteiger charge is -2.36. The molecule has 132 valence electrons. The van der Waals surface area contributed by atoms with Gasteiger partial charge in [-0.3, -0.25) is 14.4 Å². The van der Waals surface area contributed by atoms with Gasteiger partial charge in [-0.05, 0) is 11.6 Å². The van der Waals surface area contributed by atoms with Gasteiger partial charge in [-0.15, -0.1) is 0 Å². The van der Waals surface area contributed by atoms with Crippen LogP contribution >= 0.6 is 0 Å². The fraction of sp³-hybridized carbons (Fsp3) is 0.421. The molecule has 0 saturated carbocycles. The third kappa shape index (κ3) is 3.57. The maximum Gasteiger partial charge on any atom is 0.310 e. The van der Waals surface area contributed by atoms with Crippen molar-refractivity contribution in [3.63, 3.8) is 0 Å². The minimum Gasteiger partial charge on any atom is -0.465 e. The zero-order chi connectivity index (χ0) is 18.0. The molecule has 0 aromatic heterocycles. The van der Waals surface area contributed by atoms with Crippen molar-refractivity contribution >= 4 is 17.9 Å². The van der Waals surface area contributed by atoms with Crippen LogP contribution in [0.3, 0.4) is 0 Å². The largest absolute Gasteiger partial charge is 0.465 e. The smallest absolute Gasteiger partial charge is 0.310 e. The first-order valence-electron chi connectivity index (χ1n) is 8.22. The minimum absolute atomic E-state index is 0.0322. The molecule has 0 amide bonds. The summed E-state index contributed by atoms with van der Waals surface area (Å²) in [7, 11) is 0. The van der Waals surface area contributed by atoms with E-state index in [1.165, 1.54) is 13.8 Å². The van der Waals surface area contributed by atoms with Crippen LogP contribution in [0.15, 0.2) is 42.2 Å². The SMILES string of the molecule is CC(=O)OC[C@H]1C(OC(C)=O)=C[C@H]2COC(=O)[C@H]2[C@@H]1c1ccccc1. The van der Waals surface area contributed by atoms with E-state index in [1.54, 1.807) is 6.08 Å². The number of benzene rings is 1. The molecule has 6 nitrogen and oxygen atoms in total. The molecule has 1 fully saturated rings. The van der Waals surface area contributed by atoms with Crippen LogP contribution in [-0.4, -0.2) is 31.1 Å². The second-order valence-corrected chi connectivity index (χ2v) is 6.33. The van der Waals surface area contributed by atoms with E-state index in [0.717, 1.165) is 5.56 Å². The Morgan fingerprint density at radius 3 is 2.48 bits per heavy atom. The fourth-order valence-corrected chi connectivity index (χ4v) is 3.66. The molecule has 2 aliphatic rings. The van der Waals surface area contributed by atoms with Gasteiger partial charge in [0.25, 0.3) is 0 Å². The molecule has 1 aromatic carbocycles. The van der Waals surface area contributed by atoms with Crippen LogP contribution < -0.4 is 0 Å². The van der Waals surface area contributed by atoms with Crippen molar-refractivity contribution < 1.29 is 28.6 Å². The first-order valence-corrected chi connectivity index (χ1v) is 8.22. The Kier molecular flexibility index (Phi) is 4.88. The van der Waals surface area contributed by atoms with Gasteiger partial charge >= 0.3 is 17.9 Å². The van der Waals surface area contributed by atoms with Gasteiger partial charge in [-0.25, -0.2) is 0 Å². The van der Waals surface area contributed by atoms with E-state index in [1.807, 2.05) is 30.3 Å². The normalized spacial score (nSPS) is 27.8. The van der Waals surface area contributed by atoms with Gasteiger partial charge in [0.2, 0.25) is 0 Å². The number of fused-ring (bicyclic) bond motifs is 1. The Labute approximate surface area is 145 Å². The van der Waals surface area contributed by atoms with E-state index < -0.39 is 17.9 Å². The molecule has 4 atom stereocenters. The average molecular weight is 344 g/mol. The highest BCUT2D eigenvalue weighted by Gasteiger charge is 2.50. The molecule has 1 aromatic rings. The quantitative estimate of drug-likeness (QED) is 0.615. The molecule has 1 aliphatic carbocycles. The van der Waals surface area contributed by atoms with Crippen molar-refractivity contribution in [2.24, 2.45) is 17.8 Å². The number of rotatable bonds is 4.